The van der Waals surface area contributed by atoms with Gasteiger partial charge in [-0.25, -0.2) is 0 Å². The number of carbonyl (C=O) groups excluding carboxylic acids is 1. The van der Waals surface area contributed by atoms with Gasteiger partial charge in [-0.05, 0) is 23.6 Å². The minimum Gasteiger partial charge on any atom is -0.545 e. The lowest BCUT2D eigenvalue weighted by Gasteiger charge is -2.13. The summed E-state index contributed by atoms with van der Waals surface area (Å²) in [6, 6.07) is 8.51. The molecule has 3 aromatic rings. The van der Waals surface area contributed by atoms with Gasteiger partial charge < -0.3 is 28.8 Å². The molecule has 0 aliphatic heterocycles. The Labute approximate surface area is 156 Å². The summed E-state index contributed by atoms with van der Waals surface area (Å²) in [5.74, 6) is 0.607. The number of aromatic carboxylic acids is 1. The molecule has 0 atom stereocenters. The van der Waals surface area contributed by atoms with E-state index < -0.39 is 5.97 Å². The van der Waals surface area contributed by atoms with Crippen LogP contribution in [-0.2, 0) is 0 Å². The van der Waals surface area contributed by atoms with E-state index in [-0.39, 0.29) is 5.56 Å². The molecule has 0 saturated carbocycles. The van der Waals surface area contributed by atoms with E-state index in [9.17, 15) is 9.90 Å². The average molecular weight is 369 g/mol. The zero-order valence-electron chi connectivity index (χ0n) is 15.4. The van der Waals surface area contributed by atoms with Crippen molar-refractivity contribution in [1.82, 2.24) is 0 Å². The van der Waals surface area contributed by atoms with Crippen molar-refractivity contribution in [2.24, 2.45) is 0 Å². The summed E-state index contributed by atoms with van der Waals surface area (Å²) >= 11 is 0. The van der Waals surface area contributed by atoms with Gasteiger partial charge in [-0.1, -0.05) is 0 Å². The number of hydrogen-bond acceptors (Lipinski definition) is 6. The molecule has 0 N–H and O–H groups in total. The van der Waals surface area contributed by atoms with Crippen LogP contribution >= 0.6 is 0 Å². The van der Waals surface area contributed by atoms with Crippen molar-refractivity contribution in [2.75, 3.05) is 28.4 Å². The van der Waals surface area contributed by atoms with E-state index in [2.05, 4.69) is 0 Å². The van der Waals surface area contributed by atoms with Crippen molar-refractivity contribution in [3.63, 3.8) is 0 Å². The number of fused-ring (bicyclic) bond motifs is 1. The third-order valence-electron chi connectivity index (χ3n) is 4.28. The molecule has 0 aliphatic rings. The fraction of sp³-hybridized carbons (Fsp3) is 0.200. The molecule has 0 amide bonds. The number of benzene rings is 2. The van der Waals surface area contributed by atoms with Gasteiger partial charge in [0.25, 0.3) is 0 Å². The highest BCUT2D eigenvalue weighted by atomic mass is 16.5. The molecule has 3 rings (SSSR count). The fourth-order valence-corrected chi connectivity index (χ4v) is 2.92. The van der Waals surface area contributed by atoms with Crippen LogP contribution in [-0.4, -0.2) is 34.4 Å². The highest BCUT2D eigenvalue weighted by Gasteiger charge is 2.20. The van der Waals surface area contributed by atoms with E-state index in [0.717, 1.165) is 10.8 Å². The van der Waals surface area contributed by atoms with Crippen molar-refractivity contribution >= 4 is 16.7 Å². The fourth-order valence-electron chi connectivity index (χ4n) is 2.92. The number of pyridine rings is 1. The first-order chi connectivity index (χ1) is 13.0. The molecule has 7 nitrogen and oxygen atoms in total. The van der Waals surface area contributed by atoms with E-state index in [0.29, 0.717) is 28.7 Å². The van der Waals surface area contributed by atoms with Gasteiger partial charge in [-0.15, -0.1) is 0 Å². The number of carboxylic acids is 1. The zero-order chi connectivity index (χ0) is 19.6. The first kappa shape index (κ1) is 18.3. The topological polar surface area (TPSA) is 80.9 Å². The molecule has 7 heteroatoms. The smallest absolute Gasteiger partial charge is 0.223 e. The Hall–Kier alpha value is -3.48. The summed E-state index contributed by atoms with van der Waals surface area (Å²) in [6.07, 6.45) is 3.55. The summed E-state index contributed by atoms with van der Waals surface area (Å²) in [7, 11) is 6.06. The second-order valence-corrected chi connectivity index (χ2v) is 5.70. The van der Waals surface area contributed by atoms with Gasteiger partial charge in [0, 0.05) is 6.07 Å². The lowest BCUT2D eigenvalue weighted by atomic mass is 10.1. The van der Waals surface area contributed by atoms with Gasteiger partial charge >= 0.3 is 0 Å². The number of aromatic nitrogens is 1. The molecule has 27 heavy (non-hydrogen) atoms. The van der Waals surface area contributed by atoms with Crippen LogP contribution in [0.25, 0.3) is 16.5 Å². The Balaban J connectivity index is 2.23. The Bertz CT molecular complexity index is 1020. The molecular formula is C20H19NO6. The maximum Gasteiger partial charge on any atom is 0.223 e. The molecule has 1 heterocycles. The average Bonchev–Trinajstić information content (AvgIpc) is 2.70. The van der Waals surface area contributed by atoms with E-state index in [1.54, 1.807) is 37.2 Å². The monoisotopic (exact) mass is 369 g/mol. The van der Waals surface area contributed by atoms with Crippen molar-refractivity contribution in [3.05, 3.63) is 48.3 Å². The van der Waals surface area contributed by atoms with Crippen molar-refractivity contribution in [2.45, 2.75) is 0 Å². The van der Waals surface area contributed by atoms with Gasteiger partial charge in [0.15, 0.2) is 35.4 Å². The van der Waals surface area contributed by atoms with Crippen LogP contribution in [0.2, 0.25) is 0 Å². The first-order valence-corrected chi connectivity index (χ1v) is 8.07. The summed E-state index contributed by atoms with van der Waals surface area (Å²) in [5.41, 5.74) is 0.377. The second-order valence-electron chi connectivity index (χ2n) is 5.70. The normalized spacial score (nSPS) is 10.5. The van der Waals surface area contributed by atoms with E-state index >= 15 is 0 Å². The van der Waals surface area contributed by atoms with Crippen LogP contribution in [0.5, 0.6) is 23.0 Å². The van der Waals surface area contributed by atoms with Gasteiger partial charge in [0.1, 0.15) is 0 Å². The van der Waals surface area contributed by atoms with Crippen LogP contribution < -0.4 is 28.6 Å². The Morgan fingerprint density at radius 3 is 1.89 bits per heavy atom. The minimum absolute atomic E-state index is 0.0162. The molecule has 0 spiro atoms. The number of hydrogen-bond donors (Lipinski definition) is 0. The number of rotatable bonds is 6. The zero-order valence-corrected chi connectivity index (χ0v) is 15.4. The van der Waals surface area contributed by atoms with Crippen molar-refractivity contribution in [3.8, 4) is 28.7 Å². The van der Waals surface area contributed by atoms with Crippen LogP contribution in [0.1, 0.15) is 10.4 Å². The molecule has 0 unspecified atom stereocenters. The number of carboxylic acid groups (broad SMARTS) is 1. The van der Waals surface area contributed by atoms with Crippen molar-refractivity contribution in [1.29, 1.82) is 0 Å². The third-order valence-corrected chi connectivity index (χ3v) is 4.28. The third kappa shape index (κ3) is 3.31. The van der Waals surface area contributed by atoms with Gasteiger partial charge in [-0.3, -0.25) is 0 Å². The van der Waals surface area contributed by atoms with Gasteiger partial charge in [0.05, 0.1) is 51.4 Å². The Morgan fingerprint density at radius 1 is 0.815 bits per heavy atom. The lowest BCUT2D eigenvalue weighted by molar-refractivity contribution is -0.594. The number of nitrogens with zero attached hydrogens (tertiary/aromatic N) is 1. The molecule has 2 aromatic carbocycles. The molecule has 1 aromatic heterocycles. The van der Waals surface area contributed by atoms with E-state index in [4.69, 9.17) is 18.9 Å². The predicted octanol–water partition coefficient (Wildman–Crippen LogP) is 1.51. The van der Waals surface area contributed by atoms with Crippen molar-refractivity contribution < 1.29 is 33.4 Å². The molecule has 0 radical (unpaired) electrons. The molecule has 0 bridgehead atoms. The number of carbonyl (C=O) groups is 1. The standard InChI is InChI=1S/C20H19NO6/c1-24-16-7-12-5-6-21(11-13(12)8-17(16)25-2)15-10-19(27-4)18(26-3)9-14(15)20(22)23/h5-11H,1-4H3. The molecule has 0 fully saturated rings. The SMILES string of the molecule is COc1cc(C(=O)[O-])c(-[n+]2ccc3cc(OC)c(OC)cc3c2)cc1OC. The summed E-state index contributed by atoms with van der Waals surface area (Å²) in [4.78, 5) is 11.7. The van der Waals surface area contributed by atoms with Crippen LogP contribution in [0.15, 0.2) is 42.7 Å². The van der Waals surface area contributed by atoms with Crippen LogP contribution in [0.4, 0.5) is 0 Å². The lowest BCUT2D eigenvalue weighted by Crippen LogP contribution is -2.35. The quantitative estimate of drug-likeness (QED) is 0.613. The van der Waals surface area contributed by atoms with Gasteiger partial charge in [0.2, 0.25) is 5.69 Å². The number of methoxy groups -OCH3 is 4. The maximum absolute atomic E-state index is 11.7. The molecule has 0 saturated heterocycles. The summed E-state index contributed by atoms with van der Waals surface area (Å²) < 4.78 is 22.8. The second kappa shape index (κ2) is 7.41. The predicted molar refractivity (Wildman–Crippen MR) is 96.0 cm³/mol. The Kier molecular flexibility index (Phi) is 5.03. The minimum atomic E-state index is -1.31. The largest absolute Gasteiger partial charge is 0.545 e. The summed E-state index contributed by atoms with van der Waals surface area (Å²) in [6.45, 7) is 0. The van der Waals surface area contributed by atoms with Crippen LogP contribution in [0.3, 0.4) is 0 Å². The van der Waals surface area contributed by atoms with E-state index in [1.807, 2.05) is 18.2 Å². The molecule has 140 valence electrons. The molecular weight excluding hydrogens is 350 g/mol. The first-order valence-electron chi connectivity index (χ1n) is 8.07. The Morgan fingerprint density at radius 2 is 1.33 bits per heavy atom. The number of ether oxygens (including phenoxy) is 4. The van der Waals surface area contributed by atoms with E-state index in [1.165, 1.54) is 20.3 Å². The maximum atomic E-state index is 11.7. The highest BCUT2D eigenvalue weighted by Crippen LogP contribution is 2.33. The summed E-state index contributed by atoms with van der Waals surface area (Å²) in [5, 5.41) is 13.4. The van der Waals surface area contributed by atoms with Crippen LogP contribution in [0, 0.1) is 0 Å². The molecule has 0 aliphatic carbocycles. The van der Waals surface area contributed by atoms with Gasteiger partial charge in [-0.2, -0.15) is 4.57 Å². The highest BCUT2D eigenvalue weighted by molar-refractivity contribution is 5.91.